The van der Waals surface area contributed by atoms with Crippen LogP contribution in [0.25, 0.3) is 22.1 Å². The molecule has 176 valence electrons. The maximum Gasteiger partial charge on any atom is 0.310 e. The van der Waals surface area contributed by atoms with E-state index >= 15 is 0 Å². The normalized spacial score (nSPS) is 11.2. The number of carbonyl (C=O) groups is 1. The highest BCUT2D eigenvalue weighted by Gasteiger charge is 2.20. The number of benzene rings is 3. The first-order valence-electron chi connectivity index (χ1n) is 11.0. The molecule has 0 bridgehead atoms. The Kier molecular flexibility index (Phi) is 7.23. The third-order valence-corrected chi connectivity index (χ3v) is 5.51. The van der Waals surface area contributed by atoms with Gasteiger partial charge in [0.2, 0.25) is 0 Å². The summed E-state index contributed by atoms with van der Waals surface area (Å²) in [6.07, 6.45) is -1.19. The van der Waals surface area contributed by atoms with E-state index in [1.807, 2.05) is 36.4 Å². The van der Waals surface area contributed by atoms with Crippen LogP contribution in [0.5, 0.6) is 5.75 Å². The Morgan fingerprint density at radius 1 is 1.03 bits per heavy atom. The molecule has 5 nitrogen and oxygen atoms in total. The van der Waals surface area contributed by atoms with Crippen molar-refractivity contribution in [3.05, 3.63) is 89.2 Å². The number of ether oxygens (including phenoxy) is 2. The predicted molar refractivity (Wildman–Crippen MR) is 126 cm³/mol. The Morgan fingerprint density at radius 2 is 1.85 bits per heavy atom. The summed E-state index contributed by atoms with van der Waals surface area (Å²) in [5.74, 6) is 0.170. The molecule has 0 aliphatic rings. The van der Waals surface area contributed by atoms with E-state index < -0.39 is 6.43 Å². The minimum Gasteiger partial charge on any atom is -0.488 e. The number of alkyl halides is 2. The molecule has 1 aromatic heterocycles. The average Bonchev–Trinajstić information content (AvgIpc) is 3.26. The zero-order chi connectivity index (χ0) is 24.1. The molecular weight excluding hydrogens is 440 g/mol. The molecule has 4 rings (SSSR count). The molecule has 0 unspecified atom stereocenters. The van der Waals surface area contributed by atoms with E-state index in [9.17, 15) is 13.6 Å². The number of para-hydroxylation sites is 1. The molecule has 0 saturated carbocycles. The lowest BCUT2D eigenvalue weighted by molar-refractivity contribution is -0.142. The number of rotatable bonds is 9. The Labute approximate surface area is 196 Å². The fourth-order valence-electron chi connectivity index (χ4n) is 3.85. The highest BCUT2D eigenvalue weighted by molar-refractivity contribution is 5.89. The topological polar surface area (TPSA) is 74.7 Å². The minimum absolute atomic E-state index is 0.0767. The number of esters is 1. The summed E-state index contributed by atoms with van der Waals surface area (Å²) in [6.45, 7) is 2.49. The second-order valence-electron chi connectivity index (χ2n) is 7.79. The van der Waals surface area contributed by atoms with Crippen molar-refractivity contribution in [2.45, 2.75) is 32.9 Å². The molecule has 0 aliphatic heterocycles. The number of nitrogens with two attached hydrogens (primary N) is 1. The molecule has 0 aliphatic carbocycles. The van der Waals surface area contributed by atoms with E-state index in [-0.39, 0.29) is 30.1 Å². The first-order chi connectivity index (χ1) is 16.5. The maximum atomic E-state index is 13.9. The van der Waals surface area contributed by atoms with E-state index in [1.54, 1.807) is 25.1 Å². The van der Waals surface area contributed by atoms with Crippen LogP contribution in [0.1, 0.15) is 35.6 Å². The van der Waals surface area contributed by atoms with Gasteiger partial charge in [0.1, 0.15) is 17.9 Å². The first-order valence-corrected chi connectivity index (χ1v) is 11.0. The zero-order valence-corrected chi connectivity index (χ0v) is 18.7. The van der Waals surface area contributed by atoms with Crippen molar-refractivity contribution in [1.29, 1.82) is 0 Å². The molecule has 0 atom stereocenters. The molecule has 1 heterocycles. The van der Waals surface area contributed by atoms with Crippen molar-refractivity contribution in [3.8, 4) is 16.9 Å². The smallest absolute Gasteiger partial charge is 0.310 e. The van der Waals surface area contributed by atoms with Crippen molar-refractivity contribution in [2.75, 3.05) is 6.61 Å². The van der Waals surface area contributed by atoms with Crippen LogP contribution in [0.3, 0.4) is 0 Å². The number of halogens is 2. The summed E-state index contributed by atoms with van der Waals surface area (Å²) in [6, 6.07) is 17.9. The highest BCUT2D eigenvalue weighted by Crippen LogP contribution is 2.36. The van der Waals surface area contributed by atoms with Crippen molar-refractivity contribution < 1.29 is 27.5 Å². The van der Waals surface area contributed by atoms with Gasteiger partial charge in [0.15, 0.2) is 0 Å². The lowest BCUT2D eigenvalue weighted by Gasteiger charge is -2.11. The van der Waals surface area contributed by atoms with E-state index in [4.69, 9.17) is 19.6 Å². The fourth-order valence-corrected chi connectivity index (χ4v) is 3.85. The van der Waals surface area contributed by atoms with Gasteiger partial charge >= 0.3 is 5.97 Å². The first kappa shape index (κ1) is 23.4. The second-order valence-corrected chi connectivity index (χ2v) is 7.79. The van der Waals surface area contributed by atoms with Crippen LogP contribution in [-0.2, 0) is 29.1 Å². The van der Waals surface area contributed by atoms with Crippen LogP contribution < -0.4 is 10.5 Å². The Hall–Kier alpha value is -3.71. The molecule has 0 amide bonds. The van der Waals surface area contributed by atoms with E-state index in [2.05, 4.69) is 0 Å². The van der Waals surface area contributed by atoms with Gasteiger partial charge in [0.05, 0.1) is 24.9 Å². The third kappa shape index (κ3) is 5.10. The quantitative estimate of drug-likeness (QED) is 0.299. The Morgan fingerprint density at radius 3 is 2.62 bits per heavy atom. The minimum atomic E-state index is -2.70. The lowest BCUT2D eigenvalue weighted by atomic mass is 9.98. The van der Waals surface area contributed by atoms with Gasteiger partial charge in [-0.15, -0.1) is 0 Å². The second kappa shape index (κ2) is 10.5. The van der Waals surface area contributed by atoms with Gasteiger partial charge in [-0.25, -0.2) is 8.78 Å². The molecule has 2 N–H and O–H groups in total. The molecule has 0 spiro atoms. The van der Waals surface area contributed by atoms with Crippen LogP contribution >= 0.6 is 0 Å². The van der Waals surface area contributed by atoms with E-state index in [1.165, 1.54) is 12.3 Å². The van der Waals surface area contributed by atoms with Crippen LogP contribution in [0.4, 0.5) is 8.78 Å². The number of hydrogen-bond donors (Lipinski definition) is 1. The molecule has 4 aromatic rings. The monoisotopic (exact) mass is 465 g/mol. The Balaban J connectivity index is 1.67. The summed E-state index contributed by atoms with van der Waals surface area (Å²) >= 11 is 0. The summed E-state index contributed by atoms with van der Waals surface area (Å²) < 4.78 is 44.3. The van der Waals surface area contributed by atoms with E-state index in [0.29, 0.717) is 41.0 Å². The molecule has 0 radical (unpaired) electrons. The number of fused-ring (bicyclic) bond motifs is 1. The summed E-state index contributed by atoms with van der Waals surface area (Å²) in [7, 11) is 0. The summed E-state index contributed by atoms with van der Waals surface area (Å²) in [5, 5.41) is 0.550. The van der Waals surface area contributed by atoms with Gasteiger partial charge in [-0.05, 0) is 47.9 Å². The van der Waals surface area contributed by atoms with Crippen molar-refractivity contribution in [2.24, 2.45) is 5.73 Å². The molecule has 34 heavy (non-hydrogen) atoms. The van der Waals surface area contributed by atoms with Gasteiger partial charge in [-0.2, -0.15) is 0 Å². The summed E-state index contributed by atoms with van der Waals surface area (Å²) in [5.41, 5.74) is 9.34. The van der Waals surface area contributed by atoms with Crippen LogP contribution in [0, 0.1) is 0 Å². The third-order valence-electron chi connectivity index (χ3n) is 5.51. The maximum absolute atomic E-state index is 13.9. The summed E-state index contributed by atoms with van der Waals surface area (Å²) in [4.78, 5) is 11.9. The predicted octanol–water partition coefficient (Wildman–Crippen LogP) is 6.18. The van der Waals surface area contributed by atoms with Crippen molar-refractivity contribution in [1.82, 2.24) is 0 Å². The molecular formula is C27H25F2NO4. The van der Waals surface area contributed by atoms with Gasteiger partial charge < -0.3 is 19.6 Å². The van der Waals surface area contributed by atoms with Gasteiger partial charge in [0, 0.05) is 23.1 Å². The largest absolute Gasteiger partial charge is 0.488 e. The number of carbonyl (C=O) groups excluding carboxylic acids is 1. The van der Waals surface area contributed by atoms with Gasteiger partial charge in [0.25, 0.3) is 6.43 Å². The molecule has 0 saturated heterocycles. The van der Waals surface area contributed by atoms with Crippen molar-refractivity contribution >= 4 is 16.9 Å². The molecule has 3 aromatic carbocycles. The number of hydrogen-bond acceptors (Lipinski definition) is 5. The van der Waals surface area contributed by atoms with Crippen molar-refractivity contribution in [3.63, 3.8) is 0 Å². The average molecular weight is 465 g/mol. The fraction of sp³-hybridized carbons (Fsp3) is 0.222. The Bertz CT molecular complexity index is 1300. The van der Waals surface area contributed by atoms with Crippen LogP contribution in [0.15, 0.2) is 71.3 Å². The standard InChI is InChI=1S/C27H25F2NO4/c1-2-32-25(31)13-19-7-3-4-9-24(19)33-15-21-16-34-26-22(21)11-20(12-23(26)27(28)29)18-8-5-6-17(10-18)14-30/h3-12,16,27H,2,13-15,30H2,1H3. The van der Waals surface area contributed by atoms with Gasteiger partial charge in [-0.1, -0.05) is 36.4 Å². The van der Waals surface area contributed by atoms with Crippen LogP contribution in [0.2, 0.25) is 0 Å². The SMILES string of the molecule is CCOC(=O)Cc1ccccc1OCc1coc2c(C(F)F)cc(-c3cccc(CN)c3)cc12. The zero-order valence-electron chi connectivity index (χ0n) is 18.7. The number of furan rings is 1. The van der Waals surface area contributed by atoms with Crippen LogP contribution in [-0.4, -0.2) is 12.6 Å². The highest BCUT2D eigenvalue weighted by atomic mass is 19.3. The molecule has 0 fully saturated rings. The van der Waals surface area contributed by atoms with E-state index in [0.717, 1.165) is 11.1 Å². The van der Waals surface area contributed by atoms with Gasteiger partial charge in [-0.3, -0.25) is 4.79 Å². The lowest BCUT2D eigenvalue weighted by Crippen LogP contribution is -2.09. The molecule has 7 heteroatoms.